The minimum absolute atomic E-state index is 0.0799. The summed E-state index contributed by atoms with van der Waals surface area (Å²) in [6.07, 6.45) is 3.31. The molecule has 22 heavy (non-hydrogen) atoms. The van der Waals surface area contributed by atoms with Crippen molar-refractivity contribution in [3.8, 4) is 0 Å². The molecule has 3 rings (SSSR count). The smallest absolute Gasteiger partial charge is 0.356 e. The maximum Gasteiger partial charge on any atom is 0.356 e. The van der Waals surface area contributed by atoms with Gasteiger partial charge in [0.1, 0.15) is 5.69 Å². The summed E-state index contributed by atoms with van der Waals surface area (Å²) in [6.45, 7) is 4.19. The highest BCUT2D eigenvalue weighted by atomic mass is 16.5. The zero-order chi connectivity index (χ0) is 15.9. The number of aromatic nitrogens is 2. The van der Waals surface area contributed by atoms with Crippen molar-refractivity contribution in [1.29, 1.82) is 0 Å². The van der Waals surface area contributed by atoms with E-state index in [4.69, 9.17) is 4.74 Å². The van der Waals surface area contributed by atoms with Crippen LogP contribution in [0.4, 0.5) is 0 Å². The van der Waals surface area contributed by atoms with E-state index >= 15 is 0 Å². The van der Waals surface area contributed by atoms with Crippen molar-refractivity contribution in [3.63, 3.8) is 0 Å². The summed E-state index contributed by atoms with van der Waals surface area (Å²) >= 11 is 0. The van der Waals surface area contributed by atoms with Crippen LogP contribution in [0.15, 0.2) is 36.8 Å². The van der Waals surface area contributed by atoms with E-state index in [-0.39, 0.29) is 11.5 Å². The number of fused-ring (bicyclic) bond motifs is 1. The number of benzene rings is 1. The van der Waals surface area contributed by atoms with Gasteiger partial charge in [0.25, 0.3) is 0 Å². The van der Waals surface area contributed by atoms with Crippen LogP contribution in [0.5, 0.6) is 0 Å². The Labute approximate surface area is 129 Å². The lowest BCUT2D eigenvalue weighted by atomic mass is 9.69. The number of imidazole rings is 1. The Morgan fingerprint density at radius 3 is 2.73 bits per heavy atom. The number of methoxy groups -OCH3 is 1. The lowest BCUT2D eigenvalue weighted by molar-refractivity contribution is 0.0554. The highest BCUT2D eigenvalue weighted by Gasteiger charge is 2.42. The molecular formula is C17H20N2O3. The second-order valence-corrected chi connectivity index (χ2v) is 6.42. The SMILES string of the molecule is COC(=O)c1cncn1[C@H]1c2ccccc2[C@H](O)CC1(C)C. The third-order valence-corrected chi connectivity index (χ3v) is 4.45. The van der Waals surface area contributed by atoms with E-state index in [2.05, 4.69) is 18.8 Å². The first kappa shape index (κ1) is 14.8. The van der Waals surface area contributed by atoms with Crippen LogP contribution in [0, 0.1) is 5.41 Å². The predicted octanol–water partition coefficient (Wildman–Crippen LogP) is 2.72. The molecule has 1 heterocycles. The van der Waals surface area contributed by atoms with Gasteiger partial charge in [0, 0.05) is 0 Å². The summed E-state index contributed by atoms with van der Waals surface area (Å²) in [5.41, 5.74) is 2.13. The molecule has 0 fully saturated rings. The molecule has 1 aliphatic rings. The molecule has 0 unspecified atom stereocenters. The van der Waals surface area contributed by atoms with Crippen LogP contribution in [-0.4, -0.2) is 27.7 Å². The van der Waals surface area contributed by atoms with Gasteiger partial charge < -0.3 is 14.4 Å². The fourth-order valence-corrected chi connectivity index (χ4v) is 3.50. The standard InChI is InChI=1S/C17H20N2O3/c1-17(2)8-14(20)11-6-4-5-7-12(11)15(17)19-10-18-9-13(19)16(21)22-3/h4-7,9-10,14-15,20H,8H2,1-3H3/t14-,15+/m1/s1. The Bertz CT molecular complexity index is 705. The van der Waals surface area contributed by atoms with Gasteiger partial charge in [-0.15, -0.1) is 0 Å². The third-order valence-electron chi connectivity index (χ3n) is 4.45. The van der Waals surface area contributed by atoms with Crippen molar-refractivity contribution in [2.45, 2.75) is 32.4 Å². The highest BCUT2D eigenvalue weighted by molar-refractivity contribution is 5.87. The van der Waals surface area contributed by atoms with Gasteiger partial charge in [-0.1, -0.05) is 38.1 Å². The minimum atomic E-state index is -0.493. The Morgan fingerprint density at radius 1 is 1.36 bits per heavy atom. The molecule has 1 aromatic carbocycles. The van der Waals surface area contributed by atoms with Crippen LogP contribution in [-0.2, 0) is 4.74 Å². The quantitative estimate of drug-likeness (QED) is 0.866. The average Bonchev–Trinajstić information content (AvgIpc) is 2.94. The van der Waals surface area contributed by atoms with E-state index in [0.29, 0.717) is 12.1 Å². The van der Waals surface area contributed by atoms with Gasteiger partial charge in [0.2, 0.25) is 0 Å². The number of ether oxygens (including phenoxy) is 1. The van der Waals surface area contributed by atoms with Crippen LogP contribution in [0.2, 0.25) is 0 Å². The minimum Gasteiger partial charge on any atom is -0.464 e. The molecule has 0 spiro atoms. The average molecular weight is 300 g/mol. The molecule has 0 saturated carbocycles. The number of carbonyl (C=O) groups excluding carboxylic acids is 1. The first-order valence-corrected chi connectivity index (χ1v) is 7.32. The Hall–Kier alpha value is -2.14. The van der Waals surface area contributed by atoms with E-state index in [1.54, 1.807) is 6.33 Å². The normalized spacial score (nSPS) is 22.9. The van der Waals surface area contributed by atoms with Crippen molar-refractivity contribution >= 4 is 5.97 Å². The molecule has 2 aromatic rings. The summed E-state index contributed by atoms with van der Waals surface area (Å²) in [5, 5.41) is 10.4. The molecule has 1 aromatic heterocycles. The topological polar surface area (TPSA) is 64.3 Å². The molecule has 116 valence electrons. The Kier molecular flexibility index (Phi) is 3.53. The van der Waals surface area contributed by atoms with Gasteiger partial charge >= 0.3 is 5.97 Å². The first-order chi connectivity index (χ1) is 10.5. The number of esters is 1. The first-order valence-electron chi connectivity index (χ1n) is 7.32. The zero-order valence-electron chi connectivity index (χ0n) is 13.0. The maximum atomic E-state index is 12.0. The molecule has 2 atom stereocenters. The van der Waals surface area contributed by atoms with Crippen molar-refractivity contribution in [1.82, 2.24) is 9.55 Å². The zero-order valence-corrected chi connectivity index (χ0v) is 13.0. The lowest BCUT2D eigenvalue weighted by Gasteiger charge is -2.43. The highest BCUT2D eigenvalue weighted by Crippen LogP contribution is 2.50. The molecule has 1 aliphatic carbocycles. The van der Waals surface area contributed by atoms with Crippen molar-refractivity contribution in [2.24, 2.45) is 5.41 Å². The van der Waals surface area contributed by atoms with E-state index in [1.165, 1.54) is 13.3 Å². The Balaban J connectivity index is 2.19. The van der Waals surface area contributed by atoms with Gasteiger partial charge in [-0.2, -0.15) is 0 Å². The van der Waals surface area contributed by atoms with Gasteiger partial charge in [-0.25, -0.2) is 9.78 Å². The number of aliphatic hydroxyl groups is 1. The molecule has 5 heteroatoms. The van der Waals surface area contributed by atoms with Crippen LogP contribution in [0.1, 0.15) is 54.0 Å². The van der Waals surface area contributed by atoms with Crippen LogP contribution >= 0.6 is 0 Å². The number of hydrogen-bond donors (Lipinski definition) is 1. The lowest BCUT2D eigenvalue weighted by Crippen LogP contribution is -2.36. The molecular weight excluding hydrogens is 280 g/mol. The maximum absolute atomic E-state index is 12.0. The Morgan fingerprint density at radius 2 is 2.05 bits per heavy atom. The number of aliphatic hydroxyl groups excluding tert-OH is 1. The van der Waals surface area contributed by atoms with Crippen LogP contribution in [0.3, 0.4) is 0 Å². The van der Waals surface area contributed by atoms with E-state index in [0.717, 1.165) is 11.1 Å². The van der Waals surface area contributed by atoms with Gasteiger partial charge in [-0.05, 0) is 23.0 Å². The monoisotopic (exact) mass is 300 g/mol. The second kappa shape index (κ2) is 5.25. The molecule has 0 aliphatic heterocycles. The fourth-order valence-electron chi connectivity index (χ4n) is 3.50. The van der Waals surface area contributed by atoms with Gasteiger partial charge in [0.15, 0.2) is 0 Å². The molecule has 0 amide bonds. The molecule has 5 nitrogen and oxygen atoms in total. The molecule has 1 N–H and O–H groups in total. The summed E-state index contributed by atoms with van der Waals surface area (Å²) in [6, 6.07) is 7.74. The molecule has 0 saturated heterocycles. The summed E-state index contributed by atoms with van der Waals surface area (Å²) < 4.78 is 6.71. The number of hydrogen-bond acceptors (Lipinski definition) is 4. The molecule has 0 radical (unpaired) electrons. The van der Waals surface area contributed by atoms with E-state index < -0.39 is 12.1 Å². The summed E-state index contributed by atoms with van der Waals surface area (Å²) in [5.74, 6) is -0.406. The van der Waals surface area contributed by atoms with E-state index in [9.17, 15) is 9.90 Å². The molecule has 0 bridgehead atoms. The number of rotatable bonds is 2. The largest absolute Gasteiger partial charge is 0.464 e. The van der Waals surface area contributed by atoms with Crippen molar-refractivity contribution in [3.05, 3.63) is 53.6 Å². The van der Waals surface area contributed by atoms with Crippen LogP contribution < -0.4 is 0 Å². The van der Waals surface area contributed by atoms with Crippen molar-refractivity contribution in [2.75, 3.05) is 7.11 Å². The van der Waals surface area contributed by atoms with Gasteiger partial charge in [-0.3, -0.25) is 0 Å². The second-order valence-electron chi connectivity index (χ2n) is 6.42. The number of carbonyl (C=O) groups is 1. The predicted molar refractivity (Wildman–Crippen MR) is 81.5 cm³/mol. The van der Waals surface area contributed by atoms with Gasteiger partial charge in [0.05, 0.1) is 31.8 Å². The van der Waals surface area contributed by atoms with E-state index in [1.807, 2.05) is 28.8 Å². The third kappa shape index (κ3) is 2.22. The summed E-state index contributed by atoms with van der Waals surface area (Å²) in [7, 11) is 1.36. The number of nitrogens with zero attached hydrogens (tertiary/aromatic N) is 2. The van der Waals surface area contributed by atoms with Crippen molar-refractivity contribution < 1.29 is 14.6 Å². The fraction of sp³-hybridized carbons (Fsp3) is 0.412. The summed E-state index contributed by atoms with van der Waals surface area (Å²) in [4.78, 5) is 16.1. The van der Waals surface area contributed by atoms with Crippen LogP contribution in [0.25, 0.3) is 0 Å².